The van der Waals surface area contributed by atoms with E-state index in [1.165, 1.54) is 16.0 Å². The van der Waals surface area contributed by atoms with Gasteiger partial charge in [-0.1, -0.05) is 48.5 Å². The molecular formula is C21H23NO4S. The third-order valence-electron chi connectivity index (χ3n) is 4.59. The first-order valence-electron chi connectivity index (χ1n) is 9.02. The highest BCUT2D eigenvalue weighted by molar-refractivity contribution is 7.80. The quantitative estimate of drug-likeness (QED) is 0.583. The van der Waals surface area contributed by atoms with Crippen molar-refractivity contribution < 1.29 is 19.1 Å². The molecule has 2 aromatic rings. The normalized spacial score (nSPS) is 12.2. The van der Waals surface area contributed by atoms with Crippen LogP contribution in [0.25, 0.3) is 11.1 Å². The minimum absolute atomic E-state index is 0.0122. The molecule has 3 rings (SSSR count). The van der Waals surface area contributed by atoms with Crippen LogP contribution in [-0.2, 0) is 14.3 Å². The number of rotatable bonds is 7. The van der Waals surface area contributed by atoms with Crippen molar-refractivity contribution >= 4 is 24.7 Å². The number of amides is 1. The maximum Gasteiger partial charge on any atom is 0.410 e. The topological polar surface area (TPSA) is 55.8 Å². The molecule has 2 aromatic carbocycles. The third-order valence-corrected chi connectivity index (χ3v) is 4.79. The second kappa shape index (κ2) is 8.95. The number of hydrogen-bond acceptors (Lipinski definition) is 5. The Morgan fingerprint density at radius 3 is 2.15 bits per heavy atom. The smallest absolute Gasteiger partial charge is 0.410 e. The molecule has 0 atom stereocenters. The van der Waals surface area contributed by atoms with Crippen LogP contribution in [0.4, 0.5) is 4.79 Å². The molecule has 6 heteroatoms. The Labute approximate surface area is 164 Å². The zero-order valence-corrected chi connectivity index (χ0v) is 16.2. The van der Waals surface area contributed by atoms with E-state index in [1.807, 2.05) is 24.3 Å². The number of benzene rings is 2. The van der Waals surface area contributed by atoms with Crippen molar-refractivity contribution in [3.63, 3.8) is 0 Å². The second-order valence-electron chi connectivity index (χ2n) is 6.25. The number of esters is 1. The predicted octanol–water partition coefficient (Wildman–Crippen LogP) is 3.73. The highest BCUT2D eigenvalue weighted by Crippen LogP contribution is 2.44. The van der Waals surface area contributed by atoms with Gasteiger partial charge in [0.15, 0.2) is 0 Å². The number of carbonyl (C=O) groups excluding carboxylic acids is 2. The van der Waals surface area contributed by atoms with Crippen molar-refractivity contribution in [1.29, 1.82) is 0 Å². The number of nitrogens with zero attached hydrogens (tertiary/aromatic N) is 1. The summed E-state index contributed by atoms with van der Waals surface area (Å²) in [7, 11) is 0. The van der Waals surface area contributed by atoms with Gasteiger partial charge in [-0.2, -0.15) is 12.6 Å². The molecule has 0 bridgehead atoms. The number of fused-ring (bicyclic) bond motifs is 3. The summed E-state index contributed by atoms with van der Waals surface area (Å²) < 4.78 is 10.5. The molecule has 0 radical (unpaired) electrons. The van der Waals surface area contributed by atoms with Gasteiger partial charge in [-0.25, -0.2) is 4.79 Å². The first-order valence-corrected chi connectivity index (χ1v) is 9.65. The van der Waals surface area contributed by atoms with Crippen molar-refractivity contribution in [2.75, 3.05) is 32.1 Å². The Morgan fingerprint density at radius 2 is 1.59 bits per heavy atom. The van der Waals surface area contributed by atoms with Crippen molar-refractivity contribution in [2.45, 2.75) is 12.8 Å². The SMILES string of the molecule is CCOC(=O)CN(CCS)C(=O)OCC1c2ccccc2-c2ccccc21. The zero-order chi connectivity index (χ0) is 19.2. The van der Waals surface area contributed by atoms with Gasteiger partial charge in [0.2, 0.25) is 0 Å². The van der Waals surface area contributed by atoms with Crippen LogP contribution in [0.15, 0.2) is 48.5 Å². The van der Waals surface area contributed by atoms with Gasteiger partial charge in [0.25, 0.3) is 0 Å². The predicted molar refractivity (Wildman–Crippen MR) is 107 cm³/mol. The van der Waals surface area contributed by atoms with Crippen LogP contribution in [0.2, 0.25) is 0 Å². The van der Waals surface area contributed by atoms with E-state index in [0.717, 1.165) is 11.1 Å². The highest BCUT2D eigenvalue weighted by Gasteiger charge is 2.30. The van der Waals surface area contributed by atoms with Crippen molar-refractivity contribution in [3.8, 4) is 11.1 Å². The van der Waals surface area contributed by atoms with E-state index in [2.05, 4.69) is 36.9 Å². The third kappa shape index (κ3) is 4.27. The van der Waals surface area contributed by atoms with Gasteiger partial charge in [0.1, 0.15) is 13.2 Å². The zero-order valence-electron chi connectivity index (χ0n) is 15.3. The van der Waals surface area contributed by atoms with Crippen LogP contribution < -0.4 is 0 Å². The van der Waals surface area contributed by atoms with Crippen molar-refractivity contribution in [1.82, 2.24) is 4.90 Å². The lowest BCUT2D eigenvalue weighted by atomic mass is 9.98. The van der Waals surface area contributed by atoms with Gasteiger partial charge in [-0.05, 0) is 29.2 Å². The fourth-order valence-electron chi connectivity index (χ4n) is 3.40. The summed E-state index contributed by atoms with van der Waals surface area (Å²) in [6.07, 6.45) is -0.529. The fraction of sp³-hybridized carbons (Fsp3) is 0.333. The van der Waals surface area contributed by atoms with Gasteiger partial charge in [0.05, 0.1) is 6.61 Å². The fourth-order valence-corrected chi connectivity index (χ4v) is 3.64. The van der Waals surface area contributed by atoms with Crippen molar-refractivity contribution in [3.05, 3.63) is 59.7 Å². The summed E-state index contributed by atoms with van der Waals surface area (Å²) in [4.78, 5) is 25.6. The van der Waals surface area contributed by atoms with Crippen LogP contribution in [0, 0.1) is 0 Å². The van der Waals surface area contributed by atoms with Crippen LogP contribution in [0.1, 0.15) is 24.0 Å². The van der Waals surface area contributed by atoms with E-state index in [4.69, 9.17) is 9.47 Å². The molecule has 0 aromatic heterocycles. The van der Waals surface area contributed by atoms with Gasteiger partial charge in [0, 0.05) is 18.2 Å². The van der Waals surface area contributed by atoms with Gasteiger partial charge in [-0.15, -0.1) is 0 Å². The maximum absolute atomic E-state index is 12.5. The average Bonchev–Trinajstić information content (AvgIpc) is 3.00. The summed E-state index contributed by atoms with van der Waals surface area (Å²) in [5.41, 5.74) is 4.65. The van der Waals surface area contributed by atoms with E-state index in [-0.39, 0.29) is 25.7 Å². The number of hydrogen-bond donors (Lipinski definition) is 1. The molecule has 0 heterocycles. The Morgan fingerprint density at radius 1 is 1.00 bits per heavy atom. The Kier molecular flexibility index (Phi) is 6.40. The summed E-state index contributed by atoms with van der Waals surface area (Å²) in [5, 5.41) is 0. The minimum Gasteiger partial charge on any atom is -0.465 e. The average molecular weight is 385 g/mol. The van der Waals surface area contributed by atoms with E-state index in [1.54, 1.807) is 6.92 Å². The summed E-state index contributed by atoms with van der Waals surface area (Å²) in [6.45, 7) is 2.41. The lowest BCUT2D eigenvalue weighted by molar-refractivity contribution is -0.144. The molecule has 1 aliphatic carbocycles. The Bertz CT molecular complexity index is 778. The molecule has 1 amide bonds. The second-order valence-corrected chi connectivity index (χ2v) is 6.70. The number of thiol groups is 1. The highest BCUT2D eigenvalue weighted by atomic mass is 32.1. The standard InChI is InChI=1S/C21H23NO4S/c1-2-25-20(23)13-22(11-12-27)21(24)26-14-19-17-9-5-3-7-15(17)16-8-4-6-10-18(16)19/h3-10,19,27H,2,11-14H2,1H3. The molecule has 0 saturated carbocycles. The lowest BCUT2D eigenvalue weighted by Crippen LogP contribution is -2.38. The largest absolute Gasteiger partial charge is 0.465 e. The molecule has 0 fully saturated rings. The monoisotopic (exact) mass is 385 g/mol. The van der Waals surface area contributed by atoms with E-state index in [0.29, 0.717) is 12.3 Å². The van der Waals surface area contributed by atoms with E-state index in [9.17, 15) is 9.59 Å². The molecule has 142 valence electrons. The van der Waals surface area contributed by atoms with Gasteiger partial charge >= 0.3 is 12.1 Å². The van der Waals surface area contributed by atoms with Crippen LogP contribution in [-0.4, -0.2) is 49.0 Å². The number of carbonyl (C=O) groups is 2. The molecule has 0 unspecified atom stereocenters. The van der Waals surface area contributed by atoms with E-state index < -0.39 is 12.1 Å². The summed E-state index contributed by atoms with van der Waals surface area (Å²) in [6, 6.07) is 16.3. The Balaban J connectivity index is 1.71. The first kappa shape index (κ1) is 19.3. The molecule has 5 nitrogen and oxygen atoms in total. The van der Waals surface area contributed by atoms with Crippen LogP contribution in [0.3, 0.4) is 0 Å². The van der Waals surface area contributed by atoms with E-state index >= 15 is 0 Å². The first-order chi connectivity index (χ1) is 13.2. The molecule has 1 aliphatic rings. The molecule has 27 heavy (non-hydrogen) atoms. The van der Waals surface area contributed by atoms with Gasteiger partial charge in [-0.3, -0.25) is 9.69 Å². The minimum atomic E-state index is -0.529. The lowest BCUT2D eigenvalue weighted by Gasteiger charge is -2.22. The summed E-state index contributed by atoms with van der Waals surface area (Å²) >= 11 is 4.16. The molecule has 0 aliphatic heterocycles. The molecule has 0 saturated heterocycles. The maximum atomic E-state index is 12.5. The van der Waals surface area contributed by atoms with Gasteiger partial charge < -0.3 is 9.47 Å². The van der Waals surface area contributed by atoms with Crippen LogP contribution >= 0.6 is 12.6 Å². The molecule has 0 N–H and O–H groups in total. The van der Waals surface area contributed by atoms with Crippen LogP contribution in [0.5, 0.6) is 0 Å². The van der Waals surface area contributed by atoms with Crippen molar-refractivity contribution in [2.24, 2.45) is 0 Å². The molecule has 0 spiro atoms. The summed E-state index contributed by atoms with van der Waals surface area (Å²) in [5.74, 6) is -0.0292. The molecular weight excluding hydrogens is 362 g/mol. The Hall–Kier alpha value is -2.47. The number of ether oxygens (including phenoxy) is 2.